The minimum absolute atomic E-state index is 0.0257. The van der Waals surface area contributed by atoms with E-state index in [1.54, 1.807) is 31.2 Å². The number of thiophene rings is 1. The number of aliphatic hydroxyl groups is 1. The summed E-state index contributed by atoms with van der Waals surface area (Å²) in [5.41, 5.74) is 1.34. The molecule has 0 saturated heterocycles. The Morgan fingerprint density at radius 3 is 2.68 bits per heavy atom. The van der Waals surface area contributed by atoms with Crippen molar-refractivity contribution >= 4 is 48.9 Å². The number of hydrogen-bond acceptors (Lipinski definition) is 6. The molecule has 4 rings (SSSR count). The van der Waals surface area contributed by atoms with Gasteiger partial charge in [-0.15, -0.1) is 11.3 Å². The van der Waals surface area contributed by atoms with Crippen molar-refractivity contribution in [2.75, 3.05) is 12.4 Å². The Kier molecular flexibility index (Phi) is 4.16. The van der Waals surface area contributed by atoms with Crippen LogP contribution in [0.25, 0.3) is 15.8 Å². The highest BCUT2D eigenvalue weighted by Gasteiger charge is 2.40. The first kappa shape index (κ1) is 18.5. The van der Waals surface area contributed by atoms with Gasteiger partial charge in [-0.05, 0) is 37.6 Å². The monoisotopic (exact) mass is 415 g/mol. The van der Waals surface area contributed by atoms with Gasteiger partial charge in [0.15, 0.2) is 11.5 Å². The molecule has 0 unspecified atom stereocenters. The molecule has 1 aliphatic rings. The zero-order valence-corrected chi connectivity index (χ0v) is 17.0. The molecule has 0 atom stereocenters. The van der Waals surface area contributed by atoms with Gasteiger partial charge >= 0.3 is 0 Å². The number of nitrogens with one attached hydrogen (secondary N) is 1. The minimum Gasteiger partial charge on any atom is -0.504 e. The molecule has 9 heteroatoms. The molecule has 7 nitrogen and oxygen atoms in total. The lowest BCUT2D eigenvalue weighted by Crippen LogP contribution is -2.36. The minimum atomic E-state index is -4.00. The zero-order chi connectivity index (χ0) is 20.2. The maximum atomic E-state index is 13.1. The lowest BCUT2D eigenvalue weighted by Gasteiger charge is -2.26. The zero-order valence-electron chi connectivity index (χ0n) is 15.3. The largest absolute Gasteiger partial charge is 0.504 e. The fourth-order valence-corrected chi connectivity index (χ4v) is 6.26. The maximum Gasteiger partial charge on any atom is 0.278 e. The second-order valence-corrected chi connectivity index (χ2v) is 9.51. The third kappa shape index (κ3) is 2.74. The first-order valence-electron chi connectivity index (χ1n) is 8.41. The van der Waals surface area contributed by atoms with Crippen molar-refractivity contribution in [3.05, 3.63) is 58.2 Å². The van der Waals surface area contributed by atoms with Crippen molar-refractivity contribution in [3.8, 4) is 0 Å². The van der Waals surface area contributed by atoms with E-state index in [0.29, 0.717) is 11.1 Å². The van der Waals surface area contributed by atoms with E-state index in [0.717, 1.165) is 25.9 Å². The van der Waals surface area contributed by atoms with Crippen LogP contribution in [0.4, 0.5) is 5.82 Å². The third-order valence-electron chi connectivity index (χ3n) is 4.52. The summed E-state index contributed by atoms with van der Waals surface area (Å²) < 4.78 is 27.8. The van der Waals surface area contributed by atoms with Gasteiger partial charge < -0.3 is 10.4 Å². The van der Waals surface area contributed by atoms with Crippen LogP contribution in [-0.4, -0.2) is 35.8 Å². The van der Waals surface area contributed by atoms with E-state index in [1.807, 2.05) is 19.1 Å². The Morgan fingerprint density at radius 2 is 1.96 bits per heavy atom. The summed E-state index contributed by atoms with van der Waals surface area (Å²) in [5.74, 6) is -0.842. The first-order valence-corrected chi connectivity index (χ1v) is 10.7. The average Bonchev–Trinajstić information content (AvgIpc) is 3.00. The normalized spacial score (nSPS) is 15.6. The Bertz CT molecular complexity index is 1280. The van der Waals surface area contributed by atoms with Crippen LogP contribution in [0.3, 0.4) is 0 Å². The highest BCUT2D eigenvalue weighted by molar-refractivity contribution is 7.89. The van der Waals surface area contributed by atoms with Crippen molar-refractivity contribution < 1.29 is 18.3 Å². The van der Waals surface area contributed by atoms with Crippen LogP contribution in [0.1, 0.15) is 16.1 Å². The molecule has 0 aliphatic carbocycles. The van der Waals surface area contributed by atoms with E-state index in [-0.39, 0.29) is 27.0 Å². The van der Waals surface area contributed by atoms with Crippen LogP contribution in [0, 0.1) is 13.8 Å². The van der Waals surface area contributed by atoms with Crippen LogP contribution in [0.15, 0.2) is 47.0 Å². The van der Waals surface area contributed by atoms with E-state index in [9.17, 15) is 18.3 Å². The van der Waals surface area contributed by atoms with Gasteiger partial charge in [-0.25, -0.2) is 13.4 Å². The molecule has 28 heavy (non-hydrogen) atoms. The molecule has 0 bridgehead atoms. The number of pyridine rings is 1. The average molecular weight is 415 g/mol. The highest BCUT2D eigenvalue weighted by Crippen LogP contribution is 2.44. The molecule has 3 aromatic rings. The van der Waals surface area contributed by atoms with E-state index in [2.05, 4.69) is 10.3 Å². The molecule has 2 N–H and O–H groups in total. The van der Waals surface area contributed by atoms with Crippen molar-refractivity contribution in [2.24, 2.45) is 0 Å². The molecular weight excluding hydrogens is 398 g/mol. The summed E-state index contributed by atoms with van der Waals surface area (Å²) in [6.45, 7) is 3.68. The van der Waals surface area contributed by atoms with Gasteiger partial charge in [-0.2, -0.15) is 0 Å². The number of carbonyl (C=O) groups is 1. The molecular formula is C19H17N3O4S2. The summed E-state index contributed by atoms with van der Waals surface area (Å²) in [7, 11) is -2.75. The third-order valence-corrected chi connectivity index (χ3v) is 7.65. The smallest absolute Gasteiger partial charge is 0.278 e. The van der Waals surface area contributed by atoms with Crippen molar-refractivity contribution in [2.45, 2.75) is 18.7 Å². The number of aromatic nitrogens is 1. The number of carbonyl (C=O) groups excluding carboxylic acids is 1. The van der Waals surface area contributed by atoms with Crippen molar-refractivity contribution in [3.63, 3.8) is 0 Å². The summed E-state index contributed by atoms with van der Waals surface area (Å²) >= 11 is 1.15. The quantitative estimate of drug-likeness (QED) is 0.668. The Labute approximate surface area is 166 Å². The fraction of sp³-hybridized carbons (Fsp3) is 0.158. The number of aryl methyl sites for hydroxylation is 2. The van der Waals surface area contributed by atoms with Crippen LogP contribution < -0.4 is 5.32 Å². The first-order chi connectivity index (χ1) is 13.2. The van der Waals surface area contributed by atoms with Crippen molar-refractivity contribution in [1.29, 1.82) is 0 Å². The van der Waals surface area contributed by atoms with E-state index >= 15 is 0 Å². The highest BCUT2D eigenvalue weighted by atomic mass is 32.2. The fourth-order valence-electron chi connectivity index (χ4n) is 3.14. The Hall–Kier alpha value is -2.91. The predicted molar refractivity (Wildman–Crippen MR) is 109 cm³/mol. The number of aliphatic hydroxyl groups excluding tert-OH is 1. The number of benzene rings is 1. The van der Waals surface area contributed by atoms with E-state index < -0.39 is 15.9 Å². The lowest BCUT2D eigenvalue weighted by molar-refractivity contribution is -0.113. The molecule has 144 valence electrons. The lowest BCUT2D eigenvalue weighted by atomic mass is 10.2. The Balaban J connectivity index is 1.88. The molecule has 0 saturated carbocycles. The number of hydrogen-bond donors (Lipinski definition) is 2. The van der Waals surface area contributed by atoms with Gasteiger partial charge in [-0.3, -0.25) is 9.10 Å². The summed E-state index contributed by atoms with van der Waals surface area (Å²) in [6, 6.07) is 10.5. The molecule has 3 heterocycles. The number of nitrogens with zero attached hydrogens (tertiary/aromatic N) is 2. The molecule has 0 fully saturated rings. The van der Waals surface area contributed by atoms with E-state index in [1.165, 1.54) is 7.05 Å². The summed E-state index contributed by atoms with van der Waals surface area (Å²) in [5, 5.41) is 13.9. The van der Waals surface area contributed by atoms with Crippen molar-refractivity contribution in [1.82, 2.24) is 9.29 Å². The second-order valence-electron chi connectivity index (χ2n) is 6.55. The molecule has 1 amide bonds. The number of sulfonamides is 1. The van der Waals surface area contributed by atoms with Gasteiger partial charge in [0.05, 0.1) is 4.88 Å². The van der Waals surface area contributed by atoms with Crippen LogP contribution >= 0.6 is 11.3 Å². The van der Waals surface area contributed by atoms with Gasteiger partial charge in [0.1, 0.15) is 10.7 Å². The summed E-state index contributed by atoms with van der Waals surface area (Å²) in [4.78, 5) is 17.2. The predicted octanol–water partition coefficient (Wildman–Crippen LogP) is 3.41. The molecule has 1 aromatic carbocycles. The summed E-state index contributed by atoms with van der Waals surface area (Å²) in [6.07, 6.45) is 0. The van der Waals surface area contributed by atoms with Gasteiger partial charge in [0.2, 0.25) is 0 Å². The Morgan fingerprint density at radius 1 is 1.21 bits per heavy atom. The SMILES string of the molecule is Cc1ccc2c3c(sc2c1)C(O)=C(C(=O)Nc1cccc(C)n1)N(C)S3(=O)=O. The van der Waals surface area contributed by atoms with Gasteiger partial charge in [0, 0.05) is 22.8 Å². The molecule has 1 aliphatic heterocycles. The number of fused-ring (bicyclic) bond motifs is 3. The maximum absolute atomic E-state index is 13.1. The standard InChI is InChI=1S/C19H17N3O4S2/c1-10-7-8-12-13(9-10)27-17-16(23)15(22(3)28(25,26)18(12)17)19(24)21-14-6-4-5-11(2)20-14/h4-9,23H,1-3H3,(H,20,21,24). The number of rotatable bonds is 2. The van der Waals surface area contributed by atoms with Crippen LogP contribution in [-0.2, 0) is 14.8 Å². The van der Waals surface area contributed by atoms with E-state index in [4.69, 9.17) is 0 Å². The topological polar surface area (TPSA) is 99.6 Å². The van der Waals surface area contributed by atoms with Crippen LogP contribution in [0.2, 0.25) is 0 Å². The molecule has 0 spiro atoms. The molecule has 0 radical (unpaired) electrons. The number of likely N-dealkylation sites (N-methyl/N-ethyl adjacent to an activating group) is 1. The van der Waals surface area contributed by atoms with Crippen LogP contribution in [0.5, 0.6) is 0 Å². The van der Waals surface area contributed by atoms with Gasteiger partial charge in [-0.1, -0.05) is 18.2 Å². The number of amides is 1. The number of anilines is 1. The van der Waals surface area contributed by atoms with Gasteiger partial charge in [0.25, 0.3) is 15.9 Å². The second kappa shape index (κ2) is 6.32. The molecule has 2 aromatic heterocycles.